The molecule has 4 fully saturated rings. The summed E-state index contributed by atoms with van der Waals surface area (Å²) in [5.41, 5.74) is -1.07. The highest BCUT2D eigenvalue weighted by Crippen LogP contribution is 2.72. The van der Waals surface area contributed by atoms with Gasteiger partial charge in [0.2, 0.25) is 0 Å². The lowest BCUT2D eigenvalue weighted by Gasteiger charge is -2.67. The van der Waals surface area contributed by atoms with E-state index in [9.17, 15) is 23.8 Å². The first-order valence-corrected chi connectivity index (χ1v) is 12.2. The lowest BCUT2D eigenvalue weighted by Crippen LogP contribution is -2.65. The quantitative estimate of drug-likeness (QED) is 0.565. The molecule has 4 rings (SSSR count). The number of alkyl halides is 2. The molecule has 0 bridgehead atoms. The predicted octanol–water partition coefficient (Wildman–Crippen LogP) is 5.11. The Morgan fingerprint density at radius 1 is 1.06 bits per heavy atom. The van der Waals surface area contributed by atoms with Crippen molar-refractivity contribution in [1.82, 2.24) is 0 Å². The van der Waals surface area contributed by atoms with Gasteiger partial charge in [-0.25, -0.2) is 8.78 Å². The Morgan fingerprint density at radius 2 is 1.74 bits per heavy atom. The summed E-state index contributed by atoms with van der Waals surface area (Å²) in [4.78, 5) is 11.1. The number of carboxylic acids is 1. The van der Waals surface area contributed by atoms with E-state index in [0.29, 0.717) is 30.6 Å². The molecule has 3 N–H and O–H groups in total. The Labute approximate surface area is 184 Å². The van der Waals surface area contributed by atoms with E-state index in [1.807, 2.05) is 13.8 Å². The SMILES string of the molecule is C[C@H](CCC(=O)O)[C@H]1CCC2C3C(O)C[C@]4(C)C[C@@H](O)C(F)(F)C[C@]4(C)C3CC[C@@]21C. The van der Waals surface area contributed by atoms with E-state index in [0.717, 1.165) is 25.7 Å². The molecule has 0 aromatic rings. The molecule has 0 saturated heterocycles. The summed E-state index contributed by atoms with van der Waals surface area (Å²) in [6.45, 7) is 8.47. The molecule has 4 nitrogen and oxygen atoms in total. The Morgan fingerprint density at radius 3 is 2.39 bits per heavy atom. The molecule has 31 heavy (non-hydrogen) atoms. The first kappa shape index (κ1) is 23.4. The second kappa shape index (κ2) is 7.38. The van der Waals surface area contributed by atoms with E-state index in [1.165, 1.54) is 0 Å². The largest absolute Gasteiger partial charge is 0.481 e. The fraction of sp³-hybridized carbons (Fsp3) is 0.960. The Hall–Kier alpha value is -0.750. The standard InChI is InChI=1S/C25H40F2O4/c1-14(5-8-20(30)31)15-6-7-16-21-17(9-10-23(15,16)3)24(4)13-25(26,27)19(29)12-22(24,2)11-18(21)28/h14-19,21,28-29H,5-13H2,1-4H3,(H,30,31)/t14-,15-,16?,17?,18?,19-,21?,22-,23-,24-/m1/s1. The van der Waals surface area contributed by atoms with Gasteiger partial charge in [0.25, 0.3) is 5.92 Å². The van der Waals surface area contributed by atoms with Crippen LogP contribution in [0.5, 0.6) is 0 Å². The van der Waals surface area contributed by atoms with Gasteiger partial charge in [0.15, 0.2) is 0 Å². The fourth-order valence-corrected chi connectivity index (χ4v) is 9.13. The maximum Gasteiger partial charge on any atom is 0.303 e. The molecule has 6 heteroatoms. The van der Waals surface area contributed by atoms with Gasteiger partial charge in [-0.15, -0.1) is 0 Å². The van der Waals surface area contributed by atoms with Crippen LogP contribution in [0, 0.1) is 45.8 Å². The third-order valence-corrected chi connectivity index (χ3v) is 10.9. The fourth-order valence-electron chi connectivity index (χ4n) is 9.13. The summed E-state index contributed by atoms with van der Waals surface area (Å²) < 4.78 is 29.5. The number of carbonyl (C=O) groups is 1. The third kappa shape index (κ3) is 3.37. The van der Waals surface area contributed by atoms with Gasteiger partial charge in [-0.05, 0) is 90.8 Å². The highest BCUT2D eigenvalue weighted by molar-refractivity contribution is 5.66. The van der Waals surface area contributed by atoms with E-state index in [-0.39, 0.29) is 36.5 Å². The molecular formula is C25H40F2O4. The molecule has 0 amide bonds. The lowest BCUT2D eigenvalue weighted by molar-refractivity contribution is -0.266. The van der Waals surface area contributed by atoms with E-state index in [4.69, 9.17) is 5.11 Å². The van der Waals surface area contributed by atoms with Crippen LogP contribution in [0.3, 0.4) is 0 Å². The van der Waals surface area contributed by atoms with Gasteiger partial charge in [0.05, 0.1) is 6.10 Å². The first-order chi connectivity index (χ1) is 14.3. The monoisotopic (exact) mass is 442 g/mol. The lowest BCUT2D eigenvalue weighted by atomic mass is 9.39. The van der Waals surface area contributed by atoms with Crippen molar-refractivity contribution in [3.8, 4) is 0 Å². The minimum Gasteiger partial charge on any atom is -0.481 e. The highest BCUT2D eigenvalue weighted by atomic mass is 19.3. The van der Waals surface area contributed by atoms with Crippen molar-refractivity contribution < 1.29 is 28.9 Å². The van der Waals surface area contributed by atoms with Crippen LogP contribution in [0.2, 0.25) is 0 Å². The summed E-state index contributed by atoms with van der Waals surface area (Å²) in [6, 6.07) is 0. The summed E-state index contributed by atoms with van der Waals surface area (Å²) in [5.74, 6) is -2.78. The molecule has 0 aliphatic heterocycles. The van der Waals surface area contributed by atoms with Crippen LogP contribution < -0.4 is 0 Å². The maximum atomic E-state index is 14.7. The van der Waals surface area contributed by atoms with Gasteiger partial charge in [0, 0.05) is 12.8 Å². The average molecular weight is 443 g/mol. The predicted molar refractivity (Wildman–Crippen MR) is 114 cm³/mol. The van der Waals surface area contributed by atoms with Gasteiger partial charge in [-0.3, -0.25) is 4.79 Å². The van der Waals surface area contributed by atoms with Gasteiger partial charge >= 0.3 is 5.97 Å². The number of rotatable bonds is 4. The minimum atomic E-state index is -3.08. The molecule has 4 unspecified atom stereocenters. The van der Waals surface area contributed by atoms with E-state index in [2.05, 4.69) is 13.8 Å². The van der Waals surface area contributed by atoms with Gasteiger partial charge < -0.3 is 15.3 Å². The second-order valence-electron chi connectivity index (χ2n) is 12.3. The zero-order valence-electron chi connectivity index (χ0n) is 19.4. The molecule has 0 spiro atoms. The normalized spacial score (nSPS) is 52.0. The average Bonchev–Trinajstić information content (AvgIpc) is 2.99. The highest BCUT2D eigenvalue weighted by Gasteiger charge is 2.69. The molecule has 10 atom stereocenters. The van der Waals surface area contributed by atoms with Crippen LogP contribution in [-0.2, 0) is 4.79 Å². The molecule has 4 aliphatic rings. The number of aliphatic hydroxyl groups excluding tert-OH is 2. The molecule has 178 valence electrons. The number of halogens is 2. The summed E-state index contributed by atoms with van der Waals surface area (Å²) >= 11 is 0. The van der Waals surface area contributed by atoms with Crippen molar-refractivity contribution in [3.63, 3.8) is 0 Å². The molecule has 0 aromatic heterocycles. The van der Waals surface area contributed by atoms with Gasteiger partial charge in [-0.2, -0.15) is 0 Å². The van der Waals surface area contributed by atoms with E-state index in [1.54, 1.807) is 0 Å². The Bertz CT molecular complexity index is 728. The van der Waals surface area contributed by atoms with Crippen molar-refractivity contribution in [2.24, 2.45) is 45.8 Å². The van der Waals surface area contributed by atoms with Crippen molar-refractivity contribution in [1.29, 1.82) is 0 Å². The molecule has 4 aliphatic carbocycles. The van der Waals surface area contributed by atoms with Crippen LogP contribution in [0.25, 0.3) is 0 Å². The van der Waals surface area contributed by atoms with Crippen LogP contribution >= 0.6 is 0 Å². The van der Waals surface area contributed by atoms with Gasteiger partial charge in [-0.1, -0.05) is 27.7 Å². The van der Waals surface area contributed by atoms with Crippen LogP contribution in [0.4, 0.5) is 8.78 Å². The van der Waals surface area contributed by atoms with Crippen LogP contribution in [0.1, 0.15) is 85.5 Å². The maximum absolute atomic E-state index is 14.7. The number of hydrogen-bond donors (Lipinski definition) is 3. The van der Waals surface area contributed by atoms with Gasteiger partial charge in [0.1, 0.15) is 6.10 Å². The van der Waals surface area contributed by atoms with Crippen LogP contribution in [-0.4, -0.2) is 39.4 Å². The number of carboxylic acid groups (broad SMARTS) is 1. The summed E-state index contributed by atoms with van der Waals surface area (Å²) in [5, 5.41) is 30.6. The summed E-state index contributed by atoms with van der Waals surface area (Å²) in [6.07, 6.45) is 2.71. The molecule has 4 saturated carbocycles. The van der Waals surface area contributed by atoms with E-state index < -0.39 is 34.9 Å². The van der Waals surface area contributed by atoms with Crippen molar-refractivity contribution in [2.75, 3.05) is 0 Å². The zero-order chi connectivity index (χ0) is 23.0. The summed E-state index contributed by atoms with van der Waals surface area (Å²) in [7, 11) is 0. The molecule has 0 radical (unpaired) electrons. The Kier molecular flexibility index (Phi) is 5.57. The molecule has 0 heterocycles. The number of aliphatic carboxylic acids is 1. The van der Waals surface area contributed by atoms with Crippen molar-refractivity contribution in [3.05, 3.63) is 0 Å². The first-order valence-electron chi connectivity index (χ1n) is 12.2. The third-order valence-electron chi connectivity index (χ3n) is 10.9. The zero-order valence-corrected chi connectivity index (χ0v) is 19.4. The molecular weight excluding hydrogens is 402 g/mol. The van der Waals surface area contributed by atoms with Crippen molar-refractivity contribution >= 4 is 5.97 Å². The second-order valence-corrected chi connectivity index (χ2v) is 12.3. The van der Waals surface area contributed by atoms with Crippen LogP contribution in [0.15, 0.2) is 0 Å². The topological polar surface area (TPSA) is 77.8 Å². The number of fused-ring (bicyclic) bond motifs is 5. The van der Waals surface area contributed by atoms with E-state index >= 15 is 0 Å². The number of aliphatic hydroxyl groups is 2. The molecule has 0 aromatic carbocycles. The number of hydrogen-bond acceptors (Lipinski definition) is 3. The smallest absolute Gasteiger partial charge is 0.303 e. The minimum absolute atomic E-state index is 0.0135. The Balaban J connectivity index is 1.62. The van der Waals surface area contributed by atoms with Crippen molar-refractivity contribution in [2.45, 2.75) is 104 Å².